The van der Waals surface area contributed by atoms with Crippen LogP contribution in [0.15, 0.2) is 24.5 Å². The number of hydrogen-bond donors (Lipinski definition) is 3. The summed E-state index contributed by atoms with van der Waals surface area (Å²) in [5, 5.41) is 0. The summed E-state index contributed by atoms with van der Waals surface area (Å²) in [5.41, 5.74) is 12.5. The fourth-order valence-electron chi connectivity index (χ4n) is 1.43. The molecule has 2 heterocycles. The number of nitrogens with one attached hydrogen (secondary N) is 3. The molecule has 0 spiro atoms. The third kappa shape index (κ3) is 0.844. The minimum Gasteiger partial charge on any atom is -0.302 e. The van der Waals surface area contributed by atoms with Crippen molar-refractivity contribution < 1.29 is 0 Å². The molecule has 1 aromatic carbocycles. The number of fused-ring (bicyclic) bond motifs is 3. The maximum absolute atomic E-state index is 4.25. The lowest BCUT2D eigenvalue weighted by atomic mass is 10.2. The highest BCUT2D eigenvalue weighted by Crippen LogP contribution is 2.30. The van der Waals surface area contributed by atoms with Crippen molar-refractivity contribution in [3.8, 4) is 0 Å². The molecule has 0 aliphatic carbocycles. The topological polar surface area (TPSA) is 61.9 Å². The van der Waals surface area contributed by atoms with Crippen LogP contribution in [0.25, 0.3) is 11.0 Å². The van der Waals surface area contributed by atoms with Crippen LogP contribution in [0, 0.1) is 0 Å². The second-order valence-electron chi connectivity index (χ2n) is 2.79. The monoisotopic (exact) mass is 173 g/mol. The lowest BCUT2D eigenvalue weighted by Crippen LogP contribution is -2.19. The van der Waals surface area contributed by atoms with Crippen LogP contribution in [0.1, 0.15) is 0 Å². The summed E-state index contributed by atoms with van der Waals surface area (Å²) < 4.78 is 0. The van der Waals surface area contributed by atoms with Crippen molar-refractivity contribution in [2.75, 3.05) is 10.9 Å². The quantitative estimate of drug-likeness (QED) is 0.552. The van der Waals surface area contributed by atoms with E-state index in [9.17, 15) is 0 Å². The maximum Gasteiger partial charge on any atom is 0.115 e. The third-order valence-corrected chi connectivity index (χ3v) is 2.03. The molecule has 0 saturated heterocycles. The van der Waals surface area contributed by atoms with E-state index in [1.165, 1.54) is 0 Å². The Balaban J connectivity index is 2.43. The normalized spacial score (nSPS) is 13.5. The minimum absolute atomic E-state index is 0.873. The van der Waals surface area contributed by atoms with Crippen LogP contribution in [-0.2, 0) is 0 Å². The van der Waals surface area contributed by atoms with Gasteiger partial charge in [-0.2, -0.15) is 0 Å². The van der Waals surface area contributed by atoms with Gasteiger partial charge in [0.2, 0.25) is 0 Å². The average molecular weight is 173 g/mol. The maximum atomic E-state index is 4.25. The van der Waals surface area contributed by atoms with E-state index in [4.69, 9.17) is 0 Å². The fourth-order valence-corrected chi connectivity index (χ4v) is 1.43. The first-order valence-corrected chi connectivity index (χ1v) is 3.96. The molecule has 13 heavy (non-hydrogen) atoms. The predicted octanol–water partition coefficient (Wildman–Crippen LogP) is 0.887. The molecular formula is C8H7N5. The van der Waals surface area contributed by atoms with Crippen LogP contribution in [-0.4, -0.2) is 9.97 Å². The number of aromatic nitrogens is 2. The zero-order valence-corrected chi connectivity index (χ0v) is 6.70. The second kappa shape index (κ2) is 2.30. The molecule has 3 N–H and O–H groups in total. The van der Waals surface area contributed by atoms with E-state index < -0.39 is 0 Å². The second-order valence-corrected chi connectivity index (χ2v) is 2.79. The third-order valence-electron chi connectivity index (χ3n) is 2.03. The zero-order valence-electron chi connectivity index (χ0n) is 6.70. The Bertz CT molecular complexity index is 467. The number of rotatable bonds is 0. The van der Waals surface area contributed by atoms with Crippen molar-refractivity contribution in [2.24, 2.45) is 0 Å². The van der Waals surface area contributed by atoms with Gasteiger partial charge in [-0.3, -0.25) is 15.4 Å². The molecule has 0 saturated carbocycles. The summed E-state index contributed by atoms with van der Waals surface area (Å²) in [6.07, 6.45) is 3.37. The molecule has 1 aromatic heterocycles. The van der Waals surface area contributed by atoms with E-state index in [2.05, 4.69) is 26.4 Å². The number of anilines is 2. The van der Waals surface area contributed by atoms with Crippen LogP contribution in [0.4, 0.5) is 11.4 Å². The summed E-state index contributed by atoms with van der Waals surface area (Å²) in [6, 6.07) is 3.89. The van der Waals surface area contributed by atoms with Gasteiger partial charge in [0.05, 0.1) is 11.2 Å². The summed E-state index contributed by atoms with van der Waals surface area (Å²) in [7, 11) is 0. The molecule has 2 aromatic rings. The molecule has 5 heteroatoms. The first-order valence-electron chi connectivity index (χ1n) is 3.96. The molecule has 0 amide bonds. The van der Waals surface area contributed by atoms with Gasteiger partial charge in [-0.15, -0.1) is 5.53 Å². The fraction of sp³-hybridized carbons (Fsp3) is 0. The van der Waals surface area contributed by atoms with E-state index in [0.29, 0.717) is 0 Å². The van der Waals surface area contributed by atoms with Gasteiger partial charge >= 0.3 is 0 Å². The van der Waals surface area contributed by atoms with E-state index in [0.717, 1.165) is 22.4 Å². The predicted molar refractivity (Wildman–Crippen MR) is 49.9 cm³/mol. The zero-order chi connectivity index (χ0) is 8.67. The molecule has 3 rings (SSSR count). The molecular weight excluding hydrogens is 166 g/mol. The first-order chi connectivity index (χ1) is 6.45. The summed E-state index contributed by atoms with van der Waals surface area (Å²) in [5.74, 6) is 0. The molecule has 0 atom stereocenters. The van der Waals surface area contributed by atoms with Crippen molar-refractivity contribution in [3.05, 3.63) is 24.5 Å². The van der Waals surface area contributed by atoms with Crippen LogP contribution >= 0.6 is 0 Å². The number of nitrogens with zero attached hydrogens (tertiary/aromatic N) is 2. The van der Waals surface area contributed by atoms with Gasteiger partial charge in [0.15, 0.2) is 0 Å². The Morgan fingerprint density at radius 2 is 1.92 bits per heavy atom. The molecule has 5 nitrogen and oxygen atoms in total. The Kier molecular flexibility index (Phi) is 1.17. The highest BCUT2D eigenvalue weighted by molar-refractivity contribution is 5.96. The Labute approximate surface area is 74.1 Å². The van der Waals surface area contributed by atoms with Gasteiger partial charge in [-0.1, -0.05) is 0 Å². The Morgan fingerprint density at radius 1 is 1.00 bits per heavy atom. The number of hydrogen-bond acceptors (Lipinski definition) is 5. The smallest absolute Gasteiger partial charge is 0.115 e. The van der Waals surface area contributed by atoms with Crippen LogP contribution in [0.3, 0.4) is 0 Å². The standard InChI is InChI=1S/C8H7N5/c1-2-6-8(12-13-11-6)7-5(1)9-3-4-10-7/h1-4,11-13H. The van der Waals surface area contributed by atoms with E-state index in [1.54, 1.807) is 12.4 Å². The van der Waals surface area contributed by atoms with Gasteiger partial charge in [-0.25, -0.2) is 0 Å². The molecule has 0 unspecified atom stereocenters. The molecule has 1 aliphatic heterocycles. The molecule has 0 fully saturated rings. The molecule has 0 radical (unpaired) electrons. The summed E-state index contributed by atoms with van der Waals surface area (Å²) in [4.78, 5) is 8.45. The van der Waals surface area contributed by atoms with E-state index in [-0.39, 0.29) is 0 Å². The van der Waals surface area contributed by atoms with Gasteiger partial charge in [0.1, 0.15) is 11.2 Å². The average Bonchev–Trinajstić information content (AvgIpc) is 2.65. The van der Waals surface area contributed by atoms with Gasteiger partial charge in [-0.05, 0) is 12.1 Å². The van der Waals surface area contributed by atoms with Crippen molar-refractivity contribution >= 4 is 22.4 Å². The number of hydrazine groups is 2. The van der Waals surface area contributed by atoms with Gasteiger partial charge in [0.25, 0.3) is 0 Å². The summed E-state index contributed by atoms with van der Waals surface area (Å²) in [6.45, 7) is 0. The Hall–Kier alpha value is -1.88. The van der Waals surface area contributed by atoms with Crippen molar-refractivity contribution in [2.45, 2.75) is 0 Å². The minimum atomic E-state index is 0.873. The van der Waals surface area contributed by atoms with Crippen LogP contribution in [0.2, 0.25) is 0 Å². The van der Waals surface area contributed by atoms with Crippen molar-refractivity contribution in [3.63, 3.8) is 0 Å². The van der Waals surface area contributed by atoms with Crippen molar-refractivity contribution in [1.29, 1.82) is 0 Å². The van der Waals surface area contributed by atoms with Crippen molar-refractivity contribution in [1.82, 2.24) is 15.5 Å². The number of benzene rings is 1. The lowest BCUT2D eigenvalue weighted by Gasteiger charge is -2.00. The molecule has 0 bridgehead atoms. The summed E-state index contributed by atoms with van der Waals surface area (Å²) >= 11 is 0. The SMILES string of the molecule is c1cnc2c3c(ccc2n1)NNN3. The lowest BCUT2D eigenvalue weighted by molar-refractivity contribution is 1.01. The molecule has 1 aliphatic rings. The highest BCUT2D eigenvalue weighted by atomic mass is 15.6. The Morgan fingerprint density at radius 3 is 2.92 bits per heavy atom. The van der Waals surface area contributed by atoms with E-state index in [1.807, 2.05) is 12.1 Å². The molecule has 64 valence electrons. The van der Waals surface area contributed by atoms with E-state index >= 15 is 0 Å². The highest BCUT2D eigenvalue weighted by Gasteiger charge is 2.12. The van der Waals surface area contributed by atoms with Crippen LogP contribution in [0.5, 0.6) is 0 Å². The largest absolute Gasteiger partial charge is 0.302 e. The van der Waals surface area contributed by atoms with Gasteiger partial charge < -0.3 is 5.43 Å². The first kappa shape index (κ1) is 6.62. The van der Waals surface area contributed by atoms with Gasteiger partial charge in [0, 0.05) is 12.4 Å². The van der Waals surface area contributed by atoms with Crippen LogP contribution < -0.4 is 16.4 Å².